The zero-order valence-corrected chi connectivity index (χ0v) is 18.4. The van der Waals surface area contributed by atoms with Crippen LogP contribution >= 0.6 is 0 Å². The number of hydrogen-bond acceptors (Lipinski definition) is 6. The molecule has 0 spiro atoms. The van der Waals surface area contributed by atoms with Gasteiger partial charge >= 0.3 is 0 Å². The highest BCUT2D eigenvalue weighted by Gasteiger charge is 2.14. The fraction of sp³-hybridized carbons (Fsp3) is 0.417. The van der Waals surface area contributed by atoms with Crippen molar-refractivity contribution in [3.05, 3.63) is 71.8 Å². The fourth-order valence-electron chi connectivity index (χ4n) is 3.00. The van der Waals surface area contributed by atoms with Crippen molar-refractivity contribution in [2.24, 2.45) is 11.5 Å². The van der Waals surface area contributed by atoms with Crippen LogP contribution in [-0.2, 0) is 31.9 Å². The Balaban J connectivity index is 1.42. The second-order valence-corrected chi connectivity index (χ2v) is 7.40. The van der Waals surface area contributed by atoms with Gasteiger partial charge in [-0.25, -0.2) is 0 Å². The third-order valence-corrected chi connectivity index (χ3v) is 4.73. The molecule has 0 aliphatic rings. The first-order chi connectivity index (χ1) is 15.6. The van der Waals surface area contributed by atoms with E-state index in [0.717, 1.165) is 11.1 Å². The topological polar surface area (TPSA) is 129 Å². The number of nitrogens with one attached hydrogen (secondary N) is 2. The molecule has 0 aromatic heterocycles. The maximum absolute atomic E-state index is 12.0. The van der Waals surface area contributed by atoms with E-state index in [4.69, 9.17) is 20.9 Å². The number of nitrogens with two attached hydrogens (primary N) is 2. The van der Waals surface area contributed by atoms with Crippen molar-refractivity contribution < 1.29 is 19.1 Å². The summed E-state index contributed by atoms with van der Waals surface area (Å²) >= 11 is 0. The van der Waals surface area contributed by atoms with E-state index in [9.17, 15) is 9.59 Å². The second kappa shape index (κ2) is 15.1. The van der Waals surface area contributed by atoms with Crippen LogP contribution in [0.15, 0.2) is 60.7 Å². The largest absolute Gasteiger partial charge is 0.377 e. The minimum Gasteiger partial charge on any atom is -0.377 e. The molecule has 0 aliphatic heterocycles. The smallest absolute Gasteiger partial charge is 0.237 e. The highest BCUT2D eigenvalue weighted by Crippen LogP contribution is 2.02. The number of carbonyl (C=O) groups excluding carboxylic acids is 2. The maximum Gasteiger partial charge on any atom is 0.237 e. The van der Waals surface area contributed by atoms with Crippen molar-refractivity contribution in [3.8, 4) is 0 Å². The summed E-state index contributed by atoms with van der Waals surface area (Å²) in [4.78, 5) is 24.0. The molecule has 2 aromatic rings. The molecule has 174 valence electrons. The first-order valence-corrected chi connectivity index (χ1v) is 10.9. The summed E-state index contributed by atoms with van der Waals surface area (Å²) in [6.45, 7) is 2.31. The Kier molecular flexibility index (Phi) is 12.0. The van der Waals surface area contributed by atoms with Gasteiger partial charge in [0.1, 0.15) is 0 Å². The van der Waals surface area contributed by atoms with E-state index in [1.54, 1.807) is 0 Å². The molecule has 2 atom stereocenters. The highest BCUT2D eigenvalue weighted by molar-refractivity contribution is 5.82. The van der Waals surface area contributed by atoms with Crippen LogP contribution in [0.1, 0.15) is 11.1 Å². The third-order valence-electron chi connectivity index (χ3n) is 4.73. The monoisotopic (exact) mass is 442 g/mol. The Bertz CT molecular complexity index is 722. The molecular weight excluding hydrogens is 408 g/mol. The molecule has 0 heterocycles. The van der Waals surface area contributed by atoms with Crippen molar-refractivity contribution in [1.82, 2.24) is 10.6 Å². The lowest BCUT2D eigenvalue weighted by atomic mass is 10.1. The van der Waals surface area contributed by atoms with E-state index in [1.807, 2.05) is 60.7 Å². The molecule has 2 amide bonds. The number of rotatable bonds is 15. The molecule has 0 bridgehead atoms. The van der Waals surface area contributed by atoms with Crippen LogP contribution in [0.2, 0.25) is 0 Å². The van der Waals surface area contributed by atoms with Gasteiger partial charge in [0, 0.05) is 13.1 Å². The standard InChI is InChI=1S/C24H34N4O4/c25-21(17-19-7-3-1-4-8-19)23(29)27-11-13-31-15-16-32-14-12-28-24(30)22(26)18-20-9-5-2-6-10-20/h1-10,21-22H,11-18,25-26H2,(H,27,29)(H,28,30)/t21-,22-/m1/s1. The van der Waals surface area contributed by atoms with Gasteiger partial charge < -0.3 is 31.6 Å². The van der Waals surface area contributed by atoms with E-state index >= 15 is 0 Å². The van der Waals surface area contributed by atoms with Gasteiger partial charge in [-0.2, -0.15) is 0 Å². The highest BCUT2D eigenvalue weighted by atomic mass is 16.5. The molecule has 0 unspecified atom stereocenters. The van der Waals surface area contributed by atoms with Gasteiger partial charge in [0.2, 0.25) is 11.8 Å². The van der Waals surface area contributed by atoms with Gasteiger partial charge in [-0.05, 0) is 24.0 Å². The fourth-order valence-corrected chi connectivity index (χ4v) is 3.00. The van der Waals surface area contributed by atoms with Gasteiger partial charge in [-0.15, -0.1) is 0 Å². The number of ether oxygens (including phenoxy) is 2. The summed E-state index contributed by atoms with van der Waals surface area (Å²) in [7, 11) is 0. The number of amides is 2. The van der Waals surface area contributed by atoms with Crippen molar-refractivity contribution >= 4 is 11.8 Å². The molecule has 0 radical (unpaired) electrons. The number of carbonyl (C=O) groups is 2. The third kappa shape index (κ3) is 10.5. The summed E-state index contributed by atoms with van der Waals surface area (Å²) in [6.07, 6.45) is 0.990. The summed E-state index contributed by atoms with van der Waals surface area (Å²) in [5, 5.41) is 5.53. The molecule has 0 aliphatic carbocycles. The van der Waals surface area contributed by atoms with Crippen molar-refractivity contribution in [3.63, 3.8) is 0 Å². The summed E-state index contributed by atoms with van der Waals surface area (Å²) < 4.78 is 10.9. The lowest BCUT2D eigenvalue weighted by Crippen LogP contribution is -2.43. The van der Waals surface area contributed by atoms with Gasteiger partial charge in [-0.3, -0.25) is 9.59 Å². The molecule has 6 N–H and O–H groups in total. The van der Waals surface area contributed by atoms with Gasteiger partial charge in [0.15, 0.2) is 0 Å². The van der Waals surface area contributed by atoms with Crippen molar-refractivity contribution in [2.45, 2.75) is 24.9 Å². The predicted octanol–water partition coefficient (Wildman–Crippen LogP) is 0.392. The minimum atomic E-state index is -0.586. The Labute approximate surface area is 189 Å². The molecule has 8 nitrogen and oxygen atoms in total. The minimum absolute atomic E-state index is 0.199. The van der Waals surface area contributed by atoms with Crippen LogP contribution < -0.4 is 22.1 Å². The normalized spacial score (nSPS) is 12.7. The molecule has 0 fully saturated rings. The average molecular weight is 443 g/mol. The molecule has 0 saturated carbocycles. The molecular formula is C24H34N4O4. The van der Waals surface area contributed by atoms with Crippen LogP contribution in [0.5, 0.6) is 0 Å². The Morgan fingerprint density at radius 3 is 1.41 bits per heavy atom. The number of hydrogen-bond donors (Lipinski definition) is 4. The van der Waals surface area contributed by atoms with Crippen LogP contribution in [0.4, 0.5) is 0 Å². The van der Waals surface area contributed by atoms with E-state index in [0.29, 0.717) is 52.4 Å². The lowest BCUT2D eigenvalue weighted by Gasteiger charge is -2.13. The molecule has 8 heteroatoms. The zero-order valence-electron chi connectivity index (χ0n) is 18.4. The molecule has 2 rings (SSSR count). The molecule has 32 heavy (non-hydrogen) atoms. The van der Waals surface area contributed by atoms with E-state index in [1.165, 1.54) is 0 Å². The van der Waals surface area contributed by atoms with Crippen LogP contribution in [0, 0.1) is 0 Å². The van der Waals surface area contributed by atoms with E-state index in [2.05, 4.69) is 10.6 Å². The summed E-state index contributed by atoms with van der Waals surface area (Å²) in [5.41, 5.74) is 13.9. The average Bonchev–Trinajstić information content (AvgIpc) is 2.81. The van der Waals surface area contributed by atoms with Gasteiger partial charge in [0.05, 0.1) is 38.5 Å². The van der Waals surface area contributed by atoms with Crippen LogP contribution in [0.3, 0.4) is 0 Å². The molecule has 0 saturated heterocycles. The first-order valence-electron chi connectivity index (χ1n) is 10.9. The quantitative estimate of drug-likeness (QED) is 0.296. The molecule has 2 aromatic carbocycles. The Morgan fingerprint density at radius 1 is 0.656 bits per heavy atom. The Morgan fingerprint density at radius 2 is 1.03 bits per heavy atom. The summed E-state index contributed by atoms with van der Waals surface area (Å²) in [6, 6.07) is 18.1. The van der Waals surface area contributed by atoms with E-state index < -0.39 is 12.1 Å². The zero-order chi connectivity index (χ0) is 23.0. The predicted molar refractivity (Wildman–Crippen MR) is 124 cm³/mol. The number of benzene rings is 2. The van der Waals surface area contributed by atoms with Crippen LogP contribution in [-0.4, -0.2) is 63.4 Å². The van der Waals surface area contributed by atoms with Crippen molar-refractivity contribution in [2.75, 3.05) is 39.5 Å². The summed E-state index contributed by atoms with van der Waals surface area (Å²) in [5.74, 6) is -0.398. The second-order valence-electron chi connectivity index (χ2n) is 7.40. The SMILES string of the molecule is N[C@H](Cc1ccccc1)C(=O)NCCOCCOCCNC(=O)[C@H](N)Cc1ccccc1. The van der Waals surface area contributed by atoms with Crippen LogP contribution in [0.25, 0.3) is 0 Å². The lowest BCUT2D eigenvalue weighted by molar-refractivity contribution is -0.123. The van der Waals surface area contributed by atoms with Gasteiger partial charge in [0.25, 0.3) is 0 Å². The first kappa shape index (κ1) is 25.5. The Hall–Kier alpha value is -2.78. The van der Waals surface area contributed by atoms with Crippen molar-refractivity contribution in [1.29, 1.82) is 0 Å². The van der Waals surface area contributed by atoms with Gasteiger partial charge in [-0.1, -0.05) is 60.7 Å². The van der Waals surface area contributed by atoms with E-state index in [-0.39, 0.29) is 11.8 Å². The maximum atomic E-state index is 12.0.